The fourth-order valence-electron chi connectivity index (χ4n) is 2.80. The van der Waals surface area contributed by atoms with Gasteiger partial charge >= 0.3 is 10.1 Å². The van der Waals surface area contributed by atoms with Crippen molar-refractivity contribution < 1.29 is 26.9 Å². The van der Waals surface area contributed by atoms with E-state index in [0.29, 0.717) is 33.7 Å². The molecule has 0 radical (unpaired) electrons. The fraction of sp³-hybridized carbons (Fsp3) is 0.182. The van der Waals surface area contributed by atoms with Gasteiger partial charge in [0, 0.05) is 6.54 Å². The Morgan fingerprint density at radius 2 is 1.88 bits per heavy atom. The molecule has 0 atom stereocenters. The molecule has 2 aromatic rings. The van der Waals surface area contributed by atoms with Gasteiger partial charge in [0.1, 0.15) is 15.0 Å². The molecule has 0 N–H and O–H groups in total. The van der Waals surface area contributed by atoms with Crippen LogP contribution in [-0.4, -0.2) is 43.8 Å². The van der Waals surface area contributed by atoms with Crippen molar-refractivity contribution in [3.8, 4) is 17.2 Å². The van der Waals surface area contributed by atoms with Gasteiger partial charge in [-0.05, 0) is 55.0 Å². The van der Waals surface area contributed by atoms with Crippen LogP contribution < -0.4 is 13.7 Å². The molecule has 10 heteroatoms. The number of ether oxygens (including phenoxy) is 2. The van der Waals surface area contributed by atoms with E-state index in [2.05, 4.69) is 6.58 Å². The molecule has 0 bridgehead atoms. The van der Waals surface area contributed by atoms with Crippen LogP contribution in [0.15, 0.2) is 64.9 Å². The van der Waals surface area contributed by atoms with E-state index in [9.17, 15) is 13.2 Å². The van der Waals surface area contributed by atoms with Gasteiger partial charge < -0.3 is 13.7 Å². The van der Waals surface area contributed by atoms with Gasteiger partial charge in [0.2, 0.25) is 0 Å². The molecule has 168 valence electrons. The summed E-state index contributed by atoms with van der Waals surface area (Å²) < 4.78 is 41.8. The second kappa shape index (κ2) is 10.2. The van der Waals surface area contributed by atoms with Crippen molar-refractivity contribution in [1.82, 2.24) is 4.90 Å². The third kappa shape index (κ3) is 5.32. The number of hydrogen-bond donors (Lipinski definition) is 0. The largest absolute Gasteiger partial charge is 0.497 e. The lowest BCUT2D eigenvalue weighted by Crippen LogP contribution is -2.27. The van der Waals surface area contributed by atoms with Crippen LogP contribution in [0.2, 0.25) is 0 Å². The third-order valence-electron chi connectivity index (χ3n) is 4.30. The van der Waals surface area contributed by atoms with E-state index in [1.54, 1.807) is 31.2 Å². The summed E-state index contributed by atoms with van der Waals surface area (Å²) in [5.41, 5.74) is 0.641. The lowest BCUT2D eigenvalue weighted by atomic mass is 10.2. The van der Waals surface area contributed by atoms with E-state index < -0.39 is 10.1 Å². The molecule has 2 aromatic carbocycles. The van der Waals surface area contributed by atoms with Crippen molar-refractivity contribution in [1.29, 1.82) is 0 Å². The highest BCUT2D eigenvalue weighted by atomic mass is 32.2. The lowest BCUT2D eigenvalue weighted by Gasteiger charge is -2.13. The number of nitrogens with zero attached hydrogens (tertiary/aromatic N) is 1. The van der Waals surface area contributed by atoms with E-state index in [1.165, 1.54) is 54.1 Å². The molecule has 0 spiro atoms. The summed E-state index contributed by atoms with van der Waals surface area (Å²) in [6, 6.07) is 10.6. The number of rotatable bonds is 9. The first-order chi connectivity index (χ1) is 15.3. The molecule has 1 amide bonds. The van der Waals surface area contributed by atoms with Crippen LogP contribution in [0.5, 0.6) is 17.2 Å². The van der Waals surface area contributed by atoms with Crippen LogP contribution in [0.4, 0.5) is 0 Å². The van der Waals surface area contributed by atoms with E-state index in [0.717, 1.165) is 0 Å². The van der Waals surface area contributed by atoms with Crippen molar-refractivity contribution in [2.24, 2.45) is 0 Å². The summed E-state index contributed by atoms with van der Waals surface area (Å²) in [5.74, 6) is 0.598. The molecule has 0 saturated carbocycles. The number of thiocarbonyl (C=S) groups is 1. The zero-order valence-electron chi connectivity index (χ0n) is 17.4. The Hall–Kier alpha value is -2.82. The Morgan fingerprint density at radius 1 is 1.16 bits per heavy atom. The maximum absolute atomic E-state index is 12.7. The van der Waals surface area contributed by atoms with Gasteiger partial charge in [-0.15, -0.1) is 6.58 Å². The first-order valence-corrected chi connectivity index (χ1v) is 12.1. The number of carbonyl (C=O) groups excluding carboxylic acids is 1. The highest BCUT2D eigenvalue weighted by Gasteiger charge is 2.31. The van der Waals surface area contributed by atoms with Gasteiger partial charge in [-0.25, -0.2) is 0 Å². The van der Waals surface area contributed by atoms with Crippen molar-refractivity contribution in [2.75, 3.05) is 20.3 Å². The van der Waals surface area contributed by atoms with Gasteiger partial charge in [0.25, 0.3) is 5.91 Å². The smallest absolute Gasteiger partial charge is 0.339 e. The summed E-state index contributed by atoms with van der Waals surface area (Å²) in [6.45, 7) is 6.04. The first kappa shape index (κ1) is 23.8. The summed E-state index contributed by atoms with van der Waals surface area (Å²) in [6.07, 6.45) is 3.28. The van der Waals surface area contributed by atoms with Crippen LogP contribution in [0.25, 0.3) is 6.08 Å². The van der Waals surface area contributed by atoms with Crippen molar-refractivity contribution in [3.05, 3.63) is 65.6 Å². The Bertz CT molecular complexity index is 1170. The maximum Gasteiger partial charge on any atom is 0.339 e. The molecule has 0 aromatic heterocycles. The van der Waals surface area contributed by atoms with Crippen LogP contribution >= 0.6 is 24.0 Å². The molecule has 1 fully saturated rings. The molecule has 32 heavy (non-hydrogen) atoms. The van der Waals surface area contributed by atoms with Crippen LogP contribution in [0.1, 0.15) is 12.5 Å². The molecule has 1 saturated heterocycles. The molecule has 0 unspecified atom stereocenters. The van der Waals surface area contributed by atoms with E-state index in [-0.39, 0.29) is 22.3 Å². The van der Waals surface area contributed by atoms with E-state index in [4.69, 9.17) is 25.9 Å². The summed E-state index contributed by atoms with van der Waals surface area (Å²) >= 11 is 6.44. The fourth-order valence-corrected chi connectivity index (χ4v) is 5.01. The average Bonchev–Trinajstić information content (AvgIpc) is 3.03. The average molecular weight is 492 g/mol. The predicted molar refractivity (Wildman–Crippen MR) is 128 cm³/mol. The molecular weight excluding hydrogens is 470 g/mol. The Labute approximate surface area is 196 Å². The van der Waals surface area contributed by atoms with Gasteiger partial charge in [0.15, 0.2) is 11.5 Å². The second-order valence-electron chi connectivity index (χ2n) is 6.43. The summed E-state index contributed by atoms with van der Waals surface area (Å²) in [5, 5.41) is 0. The molecule has 7 nitrogen and oxygen atoms in total. The second-order valence-corrected chi connectivity index (χ2v) is 9.66. The van der Waals surface area contributed by atoms with Gasteiger partial charge in [-0.1, -0.05) is 36.1 Å². The Balaban J connectivity index is 1.88. The number of thioether (sulfide) groups is 1. The minimum absolute atomic E-state index is 0.0179. The normalized spacial score (nSPS) is 15.2. The Kier molecular flexibility index (Phi) is 7.60. The molecule has 1 heterocycles. The molecule has 0 aliphatic carbocycles. The molecule has 1 aliphatic rings. The minimum atomic E-state index is -4.09. The lowest BCUT2D eigenvalue weighted by molar-refractivity contribution is -0.121. The molecule has 3 rings (SSSR count). The summed E-state index contributed by atoms with van der Waals surface area (Å²) in [7, 11) is -2.59. The predicted octanol–water partition coefficient (Wildman–Crippen LogP) is 4.25. The topological polar surface area (TPSA) is 82.1 Å². The number of methoxy groups -OCH3 is 1. The number of benzene rings is 2. The SMILES string of the molecule is C=CCN1C(=O)C(=Cc2ccc(OS(=O)(=O)c3ccc(OC)cc3)c(OCC)c2)SC1=S. The number of hydrogen-bond acceptors (Lipinski definition) is 8. The Morgan fingerprint density at radius 3 is 2.50 bits per heavy atom. The minimum Gasteiger partial charge on any atom is -0.497 e. The zero-order valence-corrected chi connectivity index (χ0v) is 19.9. The standard InChI is InChI=1S/C22H21NO6S3/c1-4-12-23-21(24)20(31-22(23)30)14-15-6-11-18(19(13-15)28-5-2)29-32(25,26)17-9-7-16(27-3)8-10-17/h4,6-11,13-14H,1,5,12H2,2-3H3. The quantitative estimate of drug-likeness (QED) is 0.223. The van der Waals surface area contributed by atoms with Crippen molar-refractivity contribution >= 4 is 50.4 Å². The van der Waals surface area contributed by atoms with Crippen LogP contribution in [0, 0.1) is 0 Å². The van der Waals surface area contributed by atoms with Gasteiger partial charge in [-0.2, -0.15) is 8.42 Å². The van der Waals surface area contributed by atoms with Gasteiger partial charge in [0.05, 0.1) is 18.6 Å². The maximum atomic E-state index is 12.7. The van der Waals surface area contributed by atoms with E-state index >= 15 is 0 Å². The van der Waals surface area contributed by atoms with Crippen LogP contribution in [0.3, 0.4) is 0 Å². The van der Waals surface area contributed by atoms with E-state index in [1.807, 2.05) is 0 Å². The van der Waals surface area contributed by atoms with Gasteiger partial charge in [-0.3, -0.25) is 9.69 Å². The number of carbonyl (C=O) groups is 1. The highest BCUT2D eigenvalue weighted by Crippen LogP contribution is 2.35. The monoisotopic (exact) mass is 491 g/mol. The van der Waals surface area contributed by atoms with Crippen molar-refractivity contribution in [2.45, 2.75) is 11.8 Å². The van der Waals surface area contributed by atoms with Crippen molar-refractivity contribution in [3.63, 3.8) is 0 Å². The number of amides is 1. The molecular formula is C22H21NO6S3. The first-order valence-electron chi connectivity index (χ1n) is 9.50. The molecule has 1 aliphatic heterocycles. The van der Waals surface area contributed by atoms with Crippen LogP contribution in [-0.2, 0) is 14.9 Å². The zero-order chi connectivity index (χ0) is 23.3. The summed E-state index contributed by atoms with van der Waals surface area (Å²) in [4.78, 5) is 14.4. The highest BCUT2D eigenvalue weighted by molar-refractivity contribution is 8.26. The third-order valence-corrected chi connectivity index (χ3v) is 6.92.